The fourth-order valence-electron chi connectivity index (χ4n) is 3.19. The molecule has 1 fully saturated rings. The Bertz CT molecular complexity index is 571. The van der Waals surface area contributed by atoms with Crippen molar-refractivity contribution in [2.75, 3.05) is 13.1 Å². The highest BCUT2D eigenvalue weighted by molar-refractivity contribution is 5.94. The summed E-state index contributed by atoms with van der Waals surface area (Å²) in [6.07, 6.45) is 0.875. The second-order valence-corrected chi connectivity index (χ2v) is 5.74. The van der Waals surface area contributed by atoms with E-state index in [1.165, 1.54) is 0 Å². The third kappa shape index (κ3) is 2.33. The van der Waals surface area contributed by atoms with Crippen LogP contribution in [0.4, 0.5) is 8.78 Å². The Morgan fingerprint density at radius 3 is 2.90 bits per heavy atom. The summed E-state index contributed by atoms with van der Waals surface area (Å²) >= 11 is 0. The fraction of sp³-hybridized carbons (Fsp3) is 0.714. The van der Waals surface area contributed by atoms with E-state index in [9.17, 15) is 18.7 Å². The lowest BCUT2D eigenvalue weighted by Crippen LogP contribution is -2.53. The Kier molecular flexibility index (Phi) is 3.47. The minimum absolute atomic E-state index is 0.102. The molecule has 1 unspecified atom stereocenters. The Morgan fingerprint density at radius 1 is 1.48 bits per heavy atom. The fourth-order valence-corrected chi connectivity index (χ4v) is 3.19. The first kappa shape index (κ1) is 14.4. The van der Waals surface area contributed by atoms with Gasteiger partial charge in [0, 0.05) is 24.3 Å². The maximum atomic E-state index is 13.6. The summed E-state index contributed by atoms with van der Waals surface area (Å²) in [5.74, 6) is -3.68. The first-order valence-electron chi connectivity index (χ1n) is 7.37. The number of carbonyl (C=O) groups excluding carboxylic acids is 1. The van der Waals surface area contributed by atoms with Crippen LogP contribution in [0, 0.1) is 0 Å². The van der Waals surface area contributed by atoms with E-state index in [2.05, 4.69) is 5.10 Å². The number of rotatable bonds is 2. The number of nitrogens with zero attached hydrogens (tertiary/aromatic N) is 3. The number of aryl methyl sites for hydroxylation is 1. The van der Waals surface area contributed by atoms with Crippen LogP contribution < -0.4 is 0 Å². The summed E-state index contributed by atoms with van der Waals surface area (Å²) in [6, 6.07) is 0. The average Bonchev–Trinajstić information content (AvgIpc) is 3.02. The van der Waals surface area contributed by atoms with Crippen LogP contribution in [-0.2, 0) is 19.4 Å². The molecule has 116 valence electrons. The highest BCUT2D eigenvalue weighted by atomic mass is 19.3. The van der Waals surface area contributed by atoms with Crippen molar-refractivity contribution in [3.63, 3.8) is 0 Å². The largest absolute Gasteiger partial charge is 0.387 e. The van der Waals surface area contributed by atoms with Gasteiger partial charge in [0.15, 0.2) is 5.69 Å². The number of hydrogen-bond donors (Lipinski definition) is 1. The summed E-state index contributed by atoms with van der Waals surface area (Å²) in [5, 5.41) is 13.6. The van der Waals surface area contributed by atoms with Crippen molar-refractivity contribution in [3.8, 4) is 0 Å². The molecule has 21 heavy (non-hydrogen) atoms. The number of likely N-dealkylation sites (tertiary alicyclic amines) is 1. The molecule has 1 atom stereocenters. The van der Waals surface area contributed by atoms with Crippen LogP contribution in [0.3, 0.4) is 0 Å². The van der Waals surface area contributed by atoms with Crippen molar-refractivity contribution in [2.45, 2.75) is 51.2 Å². The number of amides is 1. The number of aliphatic hydroxyl groups is 1. The van der Waals surface area contributed by atoms with Gasteiger partial charge in [-0.1, -0.05) is 0 Å². The Balaban J connectivity index is 1.86. The molecule has 1 aliphatic carbocycles. The summed E-state index contributed by atoms with van der Waals surface area (Å²) in [5.41, 5.74) is 2.29. The second-order valence-electron chi connectivity index (χ2n) is 5.74. The van der Waals surface area contributed by atoms with Gasteiger partial charge in [0.2, 0.25) is 0 Å². The quantitative estimate of drug-likeness (QED) is 0.893. The zero-order chi connectivity index (χ0) is 15.2. The van der Waals surface area contributed by atoms with Crippen molar-refractivity contribution in [3.05, 3.63) is 17.0 Å². The molecule has 1 aromatic rings. The average molecular weight is 299 g/mol. The van der Waals surface area contributed by atoms with Crippen LogP contribution in [0.5, 0.6) is 0 Å². The van der Waals surface area contributed by atoms with E-state index in [0.717, 1.165) is 35.4 Å². The monoisotopic (exact) mass is 299 g/mol. The summed E-state index contributed by atoms with van der Waals surface area (Å²) < 4.78 is 29.0. The highest BCUT2D eigenvalue weighted by Crippen LogP contribution is 2.30. The zero-order valence-electron chi connectivity index (χ0n) is 12.0. The second kappa shape index (κ2) is 5.05. The minimum atomic E-state index is -3.25. The van der Waals surface area contributed by atoms with Crippen LogP contribution in [0.15, 0.2) is 0 Å². The predicted octanol–water partition coefficient (Wildman–Crippen LogP) is 1.23. The summed E-state index contributed by atoms with van der Waals surface area (Å²) in [7, 11) is 0. The summed E-state index contributed by atoms with van der Waals surface area (Å²) in [6.45, 7) is 2.03. The number of aliphatic hydroxyl groups excluding tert-OH is 1. The maximum Gasteiger partial charge on any atom is 0.290 e. The number of hydrogen-bond acceptors (Lipinski definition) is 3. The first-order chi connectivity index (χ1) is 9.94. The molecule has 2 heterocycles. The smallest absolute Gasteiger partial charge is 0.290 e. The normalized spacial score (nSPS) is 24.2. The Morgan fingerprint density at radius 2 is 2.24 bits per heavy atom. The van der Waals surface area contributed by atoms with Gasteiger partial charge in [0.1, 0.15) is 6.10 Å². The molecule has 0 aromatic carbocycles. The van der Waals surface area contributed by atoms with Crippen LogP contribution in [0.2, 0.25) is 0 Å². The van der Waals surface area contributed by atoms with E-state index >= 15 is 0 Å². The van der Waals surface area contributed by atoms with Crippen molar-refractivity contribution in [2.24, 2.45) is 0 Å². The van der Waals surface area contributed by atoms with E-state index in [1.54, 1.807) is 4.68 Å². The van der Waals surface area contributed by atoms with E-state index in [1.807, 2.05) is 6.92 Å². The van der Waals surface area contributed by atoms with Gasteiger partial charge in [-0.2, -0.15) is 5.10 Å². The van der Waals surface area contributed by atoms with E-state index in [-0.39, 0.29) is 13.0 Å². The van der Waals surface area contributed by atoms with Gasteiger partial charge in [0.05, 0.1) is 6.54 Å². The lowest BCUT2D eigenvalue weighted by Gasteiger charge is -2.35. The number of aromatic nitrogens is 2. The molecular formula is C14H19F2N3O2. The lowest BCUT2D eigenvalue weighted by molar-refractivity contribution is -0.142. The molecule has 7 heteroatoms. The number of piperidine rings is 1. The molecule has 0 saturated carbocycles. The van der Waals surface area contributed by atoms with Crippen LogP contribution in [0.1, 0.15) is 41.5 Å². The maximum absolute atomic E-state index is 13.6. The van der Waals surface area contributed by atoms with Gasteiger partial charge >= 0.3 is 0 Å². The molecular weight excluding hydrogens is 280 g/mol. The third-order valence-corrected chi connectivity index (χ3v) is 4.36. The van der Waals surface area contributed by atoms with E-state index in [4.69, 9.17) is 0 Å². The predicted molar refractivity (Wildman–Crippen MR) is 71.4 cm³/mol. The minimum Gasteiger partial charge on any atom is -0.387 e. The van der Waals surface area contributed by atoms with Gasteiger partial charge in [-0.15, -0.1) is 0 Å². The molecule has 0 bridgehead atoms. The Hall–Kier alpha value is -1.50. The molecule has 0 radical (unpaired) electrons. The number of carbonyl (C=O) groups is 1. The molecule has 1 saturated heterocycles. The highest BCUT2D eigenvalue weighted by Gasteiger charge is 2.45. The van der Waals surface area contributed by atoms with Gasteiger partial charge in [-0.05, 0) is 32.6 Å². The number of fused-ring (bicyclic) bond motifs is 1. The van der Waals surface area contributed by atoms with Crippen LogP contribution >= 0.6 is 0 Å². The van der Waals surface area contributed by atoms with E-state index < -0.39 is 24.5 Å². The SMILES string of the molecule is CCn1nc(C(=O)N2CCC(O)C(F)(F)C2)c2c1CCC2. The standard InChI is InChI=1S/C14H19F2N3O2/c1-2-19-10-5-3-4-9(10)12(17-19)13(21)18-7-6-11(20)14(15,16)8-18/h11,20H,2-8H2,1H3. The molecule has 1 aliphatic heterocycles. The third-order valence-electron chi connectivity index (χ3n) is 4.36. The molecule has 1 aromatic heterocycles. The molecule has 5 nitrogen and oxygen atoms in total. The van der Waals surface area contributed by atoms with Crippen molar-refractivity contribution < 1.29 is 18.7 Å². The van der Waals surface area contributed by atoms with Gasteiger partial charge in [-0.3, -0.25) is 9.48 Å². The lowest BCUT2D eigenvalue weighted by atomic mass is 10.0. The van der Waals surface area contributed by atoms with Crippen LogP contribution in [-0.4, -0.2) is 50.8 Å². The number of alkyl halides is 2. The van der Waals surface area contributed by atoms with Gasteiger partial charge in [-0.25, -0.2) is 8.78 Å². The van der Waals surface area contributed by atoms with Crippen molar-refractivity contribution in [1.82, 2.24) is 14.7 Å². The number of halogens is 2. The molecule has 0 spiro atoms. The van der Waals surface area contributed by atoms with Crippen molar-refractivity contribution >= 4 is 5.91 Å². The first-order valence-corrected chi connectivity index (χ1v) is 7.37. The van der Waals surface area contributed by atoms with E-state index in [0.29, 0.717) is 12.2 Å². The molecule has 1 N–H and O–H groups in total. The van der Waals surface area contributed by atoms with Gasteiger partial charge < -0.3 is 10.0 Å². The summed E-state index contributed by atoms with van der Waals surface area (Å²) in [4.78, 5) is 13.6. The molecule has 3 rings (SSSR count). The van der Waals surface area contributed by atoms with Crippen molar-refractivity contribution in [1.29, 1.82) is 0 Å². The molecule has 1 amide bonds. The van der Waals surface area contributed by atoms with Gasteiger partial charge in [0.25, 0.3) is 11.8 Å². The zero-order valence-corrected chi connectivity index (χ0v) is 12.0. The van der Waals surface area contributed by atoms with Crippen LogP contribution in [0.25, 0.3) is 0 Å². The molecule has 2 aliphatic rings. The Labute approximate surface area is 121 Å². The topological polar surface area (TPSA) is 58.4 Å².